The zero-order valence-corrected chi connectivity index (χ0v) is 14.7. The second-order valence-corrected chi connectivity index (χ2v) is 6.44. The number of benzene rings is 2. The minimum Gasteiger partial charge on any atom is -0.479 e. The van der Waals surface area contributed by atoms with E-state index in [1.165, 1.54) is 0 Å². The summed E-state index contributed by atoms with van der Waals surface area (Å²) in [4.78, 5) is 36.8. The predicted octanol–water partition coefficient (Wildman–Crippen LogP) is 2.08. The van der Waals surface area contributed by atoms with Crippen LogP contribution in [0.3, 0.4) is 0 Å². The molecule has 0 fully saturated rings. The number of nitrogens with one attached hydrogen (secondary N) is 2. The monoisotopic (exact) mass is 368 g/mol. The van der Waals surface area contributed by atoms with E-state index in [2.05, 4.69) is 10.6 Å². The highest BCUT2D eigenvalue weighted by Crippen LogP contribution is 2.37. The first kappa shape index (κ1) is 18.6. The van der Waals surface area contributed by atoms with Crippen LogP contribution in [0.2, 0.25) is 0 Å². The highest BCUT2D eigenvalue weighted by molar-refractivity contribution is 6.09. The van der Waals surface area contributed by atoms with Crippen molar-refractivity contribution in [3.05, 3.63) is 54.1 Å². The lowest BCUT2D eigenvalue weighted by Gasteiger charge is -2.25. The van der Waals surface area contributed by atoms with Crippen LogP contribution in [-0.2, 0) is 14.4 Å². The van der Waals surface area contributed by atoms with Gasteiger partial charge in [-0.3, -0.25) is 9.59 Å². The van der Waals surface area contributed by atoms with Gasteiger partial charge in [-0.25, -0.2) is 4.79 Å². The molecule has 27 heavy (non-hydrogen) atoms. The lowest BCUT2D eigenvalue weighted by Crippen LogP contribution is -2.54. The van der Waals surface area contributed by atoms with Gasteiger partial charge in [-0.2, -0.15) is 0 Å². The molecular formula is C20H20N2O5. The van der Waals surface area contributed by atoms with Crippen LogP contribution in [-0.4, -0.2) is 33.6 Å². The summed E-state index contributed by atoms with van der Waals surface area (Å²) in [5, 5.41) is 24.8. The van der Waals surface area contributed by atoms with Gasteiger partial charge in [0.1, 0.15) is 6.04 Å². The van der Waals surface area contributed by atoms with Crippen molar-refractivity contribution < 1.29 is 24.6 Å². The molecule has 3 rings (SSSR count). The van der Waals surface area contributed by atoms with Gasteiger partial charge in [0.25, 0.3) is 11.8 Å². The zero-order chi connectivity index (χ0) is 19.6. The van der Waals surface area contributed by atoms with Crippen LogP contribution in [0.1, 0.15) is 31.4 Å². The number of aliphatic hydroxyl groups is 1. The molecule has 2 aromatic carbocycles. The molecule has 0 unspecified atom stereocenters. The summed E-state index contributed by atoms with van der Waals surface area (Å²) in [5.41, 5.74) is 0.0565. The standard InChI is InChI=1S/C20H20N2O5/c1-2-11-20(27,19(25)26)18(24)22-16-14-9-4-3-7-12(14)13-8-5-6-10-15(13)21-17(16)23/h3-10,16,27H,2,11H2,1H3,(H,21,23)(H,22,24)(H,25,26)/t16-,20-/m0/s1. The van der Waals surface area contributed by atoms with Crippen LogP contribution in [0.5, 0.6) is 0 Å². The molecule has 7 nitrogen and oxygen atoms in total. The number of para-hydroxylation sites is 1. The van der Waals surface area contributed by atoms with E-state index < -0.39 is 29.4 Å². The third-order valence-corrected chi connectivity index (χ3v) is 4.63. The first-order chi connectivity index (χ1) is 12.9. The van der Waals surface area contributed by atoms with Crippen molar-refractivity contribution in [3.63, 3.8) is 0 Å². The Bertz CT molecular complexity index is 911. The second-order valence-electron chi connectivity index (χ2n) is 6.44. The first-order valence-corrected chi connectivity index (χ1v) is 8.64. The summed E-state index contributed by atoms with van der Waals surface area (Å²) in [6, 6.07) is 13.1. The summed E-state index contributed by atoms with van der Waals surface area (Å²) < 4.78 is 0. The minimum atomic E-state index is -2.59. The third-order valence-electron chi connectivity index (χ3n) is 4.63. The molecule has 0 bridgehead atoms. The molecule has 2 aromatic rings. The van der Waals surface area contributed by atoms with Crippen molar-refractivity contribution in [2.75, 3.05) is 5.32 Å². The maximum absolute atomic E-state index is 12.8. The second kappa shape index (κ2) is 7.20. The maximum atomic E-state index is 12.8. The van der Waals surface area contributed by atoms with Gasteiger partial charge in [-0.05, 0) is 23.6 Å². The number of carbonyl (C=O) groups excluding carboxylic acids is 2. The Balaban J connectivity index is 2.03. The van der Waals surface area contributed by atoms with E-state index >= 15 is 0 Å². The molecule has 140 valence electrons. The first-order valence-electron chi connectivity index (χ1n) is 8.64. The Morgan fingerprint density at radius 3 is 2.41 bits per heavy atom. The minimum absolute atomic E-state index is 0.260. The highest BCUT2D eigenvalue weighted by atomic mass is 16.4. The molecule has 1 heterocycles. The summed E-state index contributed by atoms with van der Waals surface area (Å²) in [7, 11) is 0. The summed E-state index contributed by atoms with van der Waals surface area (Å²) >= 11 is 0. The fourth-order valence-electron chi connectivity index (χ4n) is 3.24. The van der Waals surface area contributed by atoms with E-state index in [0.717, 1.165) is 11.1 Å². The van der Waals surface area contributed by atoms with Crippen molar-refractivity contribution >= 4 is 23.5 Å². The SMILES string of the molecule is CCC[C@@](O)(C(=O)O)C(=O)N[C@@H]1C(=O)Nc2ccccc2-c2ccccc21. The number of hydrogen-bond acceptors (Lipinski definition) is 4. The van der Waals surface area contributed by atoms with Crippen LogP contribution in [0, 0.1) is 0 Å². The number of rotatable bonds is 5. The van der Waals surface area contributed by atoms with Gasteiger partial charge in [-0.1, -0.05) is 55.8 Å². The Morgan fingerprint density at radius 2 is 1.74 bits per heavy atom. The van der Waals surface area contributed by atoms with Gasteiger partial charge in [0, 0.05) is 11.3 Å². The molecule has 2 atom stereocenters. The van der Waals surface area contributed by atoms with Gasteiger partial charge < -0.3 is 20.8 Å². The lowest BCUT2D eigenvalue weighted by atomic mass is 9.93. The van der Waals surface area contributed by atoms with E-state index in [0.29, 0.717) is 11.3 Å². The third kappa shape index (κ3) is 3.29. The average Bonchev–Trinajstić information content (AvgIpc) is 2.77. The number of carbonyl (C=O) groups is 3. The van der Waals surface area contributed by atoms with E-state index in [9.17, 15) is 24.6 Å². The summed E-state index contributed by atoms with van der Waals surface area (Å²) in [6.07, 6.45) is 0.0273. The van der Waals surface area contributed by atoms with E-state index in [1.54, 1.807) is 31.2 Å². The largest absolute Gasteiger partial charge is 0.479 e. The van der Waals surface area contributed by atoms with Crippen molar-refractivity contribution in [1.82, 2.24) is 5.32 Å². The number of anilines is 1. The topological polar surface area (TPSA) is 116 Å². The molecule has 1 aliphatic heterocycles. The fourth-order valence-corrected chi connectivity index (χ4v) is 3.24. The molecule has 0 spiro atoms. The fraction of sp³-hybridized carbons (Fsp3) is 0.250. The van der Waals surface area contributed by atoms with Gasteiger partial charge >= 0.3 is 5.97 Å². The molecule has 0 aliphatic carbocycles. The Hall–Kier alpha value is -3.19. The maximum Gasteiger partial charge on any atom is 0.345 e. The van der Waals surface area contributed by atoms with Crippen LogP contribution < -0.4 is 10.6 Å². The van der Waals surface area contributed by atoms with Gasteiger partial charge in [0.2, 0.25) is 5.60 Å². The molecule has 0 saturated heterocycles. The number of carboxylic acid groups (broad SMARTS) is 1. The number of carboxylic acids is 1. The van der Waals surface area contributed by atoms with Crippen molar-refractivity contribution in [2.24, 2.45) is 0 Å². The predicted molar refractivity (Wildman–Crippen MR) is 98.9 cm³/mol. The van der Waals surface area contributed by atoms with Crippen molar-refractivity contribution in [3.8, 4) is 11.1 Å². The van der Waals surface area contributed by atoms with Crippen molar-refractivity contribution in [2.45, 2.75) is 31.4 Å². The van der Waals surface area contributed by atoms with Crippen LogP contribution in [0.15, 0.2) is 48.5 Å². The Morgan fingerprint density at radius 1 is 1.11 bits per heavy atom. The lowest BCUT2D eigenvalue weighted by molar-refractivity contribution is -0.167. The van der Waals surface area contributed by atoms with Gasteiger partial charge in [-0.15, -0.1) is 0 Å². The molecule has 0 radical (unpaired) electrons. The van der Waals surface area contributed by atoms with E-state index in [4.69, 9.17) is 0 Å². The molecule has 7 heteroatoms. The van der Waals surface area contributed by atoms with E-state index in [1.807, 2.05) is 24.3 Å². The summed E-state index contributed by atoms with van der Waals surface area (Å²) in [6.45, 7) is 1.66. The number of aliphatic carboxylic acids is 1. The van der Waals surface area contributed by atoms with Crippen LogP contribution >= 0.6 is 0 Å². The number of fused-ring (bicyclic) bond motifs is 3. The van der Waals surface area contributed by atoms with Crippen molar-refractivity contribution in [1.29, 1.82) is 0 Å². The molecule has 2 amide bonds. The molecule has 4 N–H and O–H groups in total. The molecule has 1 aliphatic rings. The normalized spacial score (nSPS) is 17.6. The quantitative estimate of drug-likeness (QED) is 0.603. The van der Waals surface area contributed by atoms with Crippen LogP contribution in [0.25, 0.3) is 11.1 Å². The Labute approximate surface area is 156 Å². The zero-order valence-electron chi connectivity index (χ0n) is 14.7. The summed E-state index contributed by atoms with van der Waals surface area (Å²) in [5.74, 6) is -3.27. The number of amides is 2. The van der Waals surface area contributed by atoms with E-state index in [-0.39, 0.29) is 12.8 Å². The molecular weight excluding hydrogens is 348 g/mol. The van der Waals surface area contributed by atoms with Gasteiger partial charge in [0.15, 0.2) is 0 Å². The average molecular weight is 368 g/mol. The molecule has 0 saturated carbocycles. The van der Waals surface area contributed by atoms with Crippen LogP contribution in [0.4, 0.5) is 5.69 Å². The molecule has 0 aromatic heterocycles. The smallest absolute Gasteiger partial charge is 0.345 e. The highest BCUT2D eigenvalue weighted by Gasteiger charge is 2.45. The Kier molecular flexibility index (Phi) is 4.96. The van der Waals surface area contributed by atoms with Gasteiger partial charge in [0.05, 0.1) is 0 Å². The number of hydrogen-bond donors (Lipinski definition) is 4.